The normalized spacial score (nSPS) is 21.8. The van der Waals surface area contributed by atoms with Crippen molar-refractivity contribution in [1.29, 1.82) is 0 Å². The van der Waals surface area contributed by atoms with Crippen molar-refractivity contribution in [2.24, 2.45) is 0 Å². The van der Waals surface area contributed by atoms with Gasteiger partial charge in [0.15, 0.2) is 0 Å². The van der Waals surface area contributed by atoms with Crippen molar-refractivity contribution in [3.63, 3.8) is 0 Å². The van der Waals surface area contributed by atoms with Crippen LogP contribution in [0, 0.1) is 0 Å². The molecule has 1 heterocycles. The van der Waals surface area contributed by atoms with Crippen LogP contribution in [0.3, 0.4) is 0 Å². The third kappa shape index (κ3) is 1.47. The smallest absolute Gasteiger partial charge is 0.124 e. The highest BCUT2D eigenvalue weighted by atomic mass is 16.5. The van der Waals surface area contributed by atoms with Crippen LogP contribution >= 0.6 is 0 Å². The molecule has 0 saturated carbocycles. The summed E-state index contributed by atoms with van der Waals surface area (Å²) in [7, 11) is 0. The largest absolute Gasteiger partial charge is 0.486 e. The number of benzene rings is 2. The summed E-state index contributed by atoms with van der Waals surface area (Å²) < 4.78 is 6.18. The molecule has 0 N–H and O–H groups in total. The lowest BCUT2D eigenvalue weighted by atomic mass is 9.87. The van der Waals surface area contributed by atoms with Gasteiger partial charge >= 0.3 is 0 Å². The van der Waals surface area contributed by atoms with Gasteiger partial charge in [-0.2, -0.15) is 0 Å². The molecule has 2 aromatic rings. The molecule has 2 aliphatic rings. The van der Waals surface area contributed by atoms with Gasteiger partial charge in [-0.3, -0.25) is 0 Å². The summed E-state index contributed by atoms with van der Waals surface area (Å²) in [6.45, 7) is 0. The molecule has 0 fully saturated rings. The molecule has 1 nitrogen and oxygen atoms in total. The third-order valence-corrected chi connectivity index (χ3v) is 4.14. The van der Waals surface area contributed by atoms with Crippen LogP contribution in [0.4, 0.5) is 0 Å². The SMILES string of the molecule is C1=C2Cc3c(ccc4ccccc34)OC2CCC1. The number of rotatable bonds is 0. The second-order valence-corrected chi connectivity index (χ2v) is 5.26. The van der Waals surface area contributed by atoms with E-state index < -0.39 is 0 Å². The Kier molecular flexibility index (Phi) is 2.19. The molecule has 0 aromatic heterocycles. The minimum atomic E-state index is 0.340. The van der Waals surface area contributed by atoms with E-state index in [2.05, 4.69) is 42.5 Å². The Labute approximate surface area is 107 Å². The van der Waals surface area contributed by atoms with Crippen molar-refractivity contribution >= 4 is 10.8 Å². The third-order valence-electron chi connectivity index (χ3n) is 4.14. The van der Waals surface area contributed by atoms with Gasteiger partial charge in [0.2, 0.25) is 0 Å². The van der Waals surface area contributed by atoms with E-state index in [1.165, 1.54) is 41.2 Å². The summed E-state index contributed by atoms with van der Waals surface area (Å²) in [4.78, 5) is 0. The fraction of sp³-hybridized carbons (Fsp3) is 0.294. The Balaban J connectivity index is 1.91. The summed E-state index contributed by atoms with van der Waals surface area (Å²) in [5.74, 6) is 1.10. The number of allylic oxidation sites excluding steroid dienone is 1. The van der Waals surface area contributed by atoms with Crippen LogP contribution in [-0.2, 0) is 6.42 Å². The van der Waals surface area contributed by atoms with Crippen molar-refractivity contribution in [2.75, 3.05) is 0 Å². The molecular formula is C17H16O. The molecule has 0 spiro atoms. The summed E-state index contributed by atoms with van der Waals surface area (Å²) in [6, 6.07) is 12.9. The van der Waals surface area contributed by atoms with Gasteiger partial charge in [0.05, 0.1) is 0 Å². The predicted octanol–water partition coefficient (Wildman–Crippen LogP) is 4.25. The van der Waals surface area contributed by atoms with Crippen LogP contribution in [0.5, 0.6) is 5.75 Å². The van der Waals surface area contributed by atoms with Crippen LogP contribution in [-0.4, -0.2) is 6.10 Å². The van der Waals surface area contributed by atoms with Gasteiger partial charge in [-0.25, -0.2) is 0 Å². The average Bonchev–Trinajstić information content (AvgIpc) is 2.45. The van der Waals surface area contributed by atoms with Crippen molar-refractivity contribution in [3.05, 3.63) is 53.6 Å². The number of hydrogen-bond donors (Lipinski definition) is 0. The minimum Gasteiger partial charge on any atom is -0.486 e. The van der Waals surface area contributed by atoms with E-state index in [9.17, 15) is 0 Å². The molecule has 90 valence electrons. The van der Waals surface area contributed by atoms with Gasteiger partial charge in [-0.15, -0.1) is 0 Å². The molecular weight excluding hydrogens is 220 g/mol. The van der Waals surface area contributed by atoms with E-state index in [0.29, 0.717) is 6.10 Å². The van der Waals surface area contributed by atoms with Gasteiger partial charge in [-0.1, -0.05) is 36.4 Å². The second-order valence-electron chi connectivity index (χ2n) is 5.26. The van der Waals surface area contributed by atoms with Gasteiger partial charge in [0.25, 0.3) is 0 Å². The molecule has 1 aliphatic heterocycles. The molecule has 0 saturated heterocycles. The van der Waals surface area contributed by atoms with Crippen molar-refractivity contribution in [1.82, 2.24) is 0 Å². The van der Waals surface area contributed by atoms with Crippen molar-refractivity contribution in [3.8, 4) is 5.75 Å². The van der Waals surface area contributed by atoms with Gasteiger partial charge in [0, 0.05) is 12.0 Å². The minimum absolute atomic E-state index is 0.340. The van der Waals surface area contributed by atoms with Crippen LogP contribution in [0.25, 0.3) is 10.8 Å². The van der Waals surface area contributed by atoms with Crippen molar-refractivity contribution < 1.29 is 4.74 Å². The van der Waals surface area contributed by atoms with Crippen LogP contribution < -0.4 is 4.74 Å². The maximum absolute atomic E-state index is 6.18. The Morgan fingerprint density at radius 1 is 1.06 bits per heavy atom. The Morgan fingerprint density at radius 3 is 3.00 bits per heavy atom. The van der Waals surface area contributed by atoms with E-state index in [1.54, 1.807) is 0 Å². The number of ether oxygens (including phenoxy) is 1. The molecule has 0 amide bonds. The highest BCUT2D eigenvalue weighted by molar-refractivity contribution is 5.88. The highest BCUT2D eigenvalue weighted by Crippen LogP contribution is 2.38. The lowest BCUT2D eigenvalue weighted by molar-refractivity contribution is 0.201. The zero-order chi connectivity index (χ0) is 11.9. The monoisotopic (exact) mass is 236 g/mol. The van der Waals surface area contributed by atoms with E-state index >= 15 is 0 Å². The predicted molar refractivity (Wildman–Crippen MR) is 74.0 cm³/mol. The fourth-order valence-electron chi connectivity index (χ4n) is 3.19. The summed E-state index contributed by atoms with van der Waals surface area (Å²) in [5.41, 5.74) is 2.86. The topological polar surface area (TPSA) is 9.23 Å². The molecule has 4 rings (SSSR count). The first-order chi connectivity index (χ1) is 8.92. The van der Waals surface area contributed by atoms with E-state index in [1.807, 2.05) is 0 Å². The highest BCUT2D eigenvalue weighted by Gasteiger charge is 2.26. The lowest BCUT2D eigenvalue weighted by Gasteiger charge is -2.32. The lowest BCUT2D eigenvalue weighted by Crippen LogP contribution is -2.27. The van der Waals surface area contributed by atoms with Gasteiger partial charge < -0.3 is 4.74 Å². The Bertz CT molecular complexity index is 639. The maximum Gasteiger partial charge on any atom is 0.124 e. The van der Waals surface area contributed by atoms with E-state index in [4.69, 9.17) is 4.74 Å². The van der Waals surface area contributed by atoms with Crippen LogP contribution in [0.2, 0.25) is 0 Å². The molecule has 1 aliphatic carbocycles. The average molecular weight is 236 g/mol. The van der Waals surface area contributed by atoms with Crippen LogP contribution in [0.1, 0.15) is 24.8 Å². The zero-order valence-electron chi connectivity index (χ0n) is 10.4. The summed E-state index contributed by atoms with van der Waals surface area (Å²) >= 11 is 0. The number of fused-ring (bicyclic) bond motifs is 4. The van der Waals surface area contributed by atoms with Gasteiger partial charge in [-0.05, 0) is 41.7 Å². The van der Waals surface area contributed by atoms with Crippen molar-refractivity contribution in [2.45, 2.75) is 31.8 Å². The molecule has 1 unspecified atom stereocenters. The Morgan fingerprint density at radius 2 is 2.00 bits per heavy atom. The van der Waals surface area contributed by atoms with Crippen LogP contribution in [0.15, 0.2) is 48.0 Å². The molecule has 2 aromatic carbocycles. The summed E-state index contributed by atoms with van der Waals surface area (Å²) in [5, 5.41) is 2.66. The Hall–Kier alpha value is -1.76. The molecule has 1 atom stereocenters. The fourth-order valence-corrected chi connectivity index (χ4v) is 3.19. The molecule has 18 heavy (non-hydrogen) atoms. The standard InChI is InChI=1S/C17H16O/c1-3-7-14-12(5-1)9-10-17-15(14)11-13-6-2-4-8-16(13)18-17/h1,3,5-7,9-10,16H,2,4,8,11H2. The van der Waals surface area contributed by atoms with E-state index in [0.717, 1.165) is 12.2 Å². The zero-order valence-corrected chi connectivity index (χ0v) is 10.4. The first-order valence-electron chi connectivity index (χ1n) is 6.78. The van der Waals surface area contributed by atoms with Gasteiger partial charge in [0.1, 0.15) is 11.9 Å². The second kappa shape index (κ2) is 3.88. The molecule has 0 radical (unpaired) electrons. The summed E-state index contributed by atoms with van der Waals surface area (Å²) in [6.07, 6.45) is 7.46. The maximum atomic E-state index is 6.18. The molecule has 1 heteroatoms. The van der Waals surface area contributed by atoms with E-state index in [-0.39, 0.29) is 0 Å². The number of hydrogen-bond acceptors (Lipinski definition) is 1. The first-order valence-corrected chi connectivity index (χ1v) is 6.78. The molecule has 0 bridgehead atoms. The first kappa shape index (κ1) is 10.2. The quantitative estimate of drug-likeness (QED) is 0.621.